The number of hydrogen-bond acceptors (Lipinski definition) is 3. The van der Waals surface area contributed by atoms with Gasteiger partial charge in [-0.3, -0.25) is 9.59 Å². The van der Waals surface area contributed by atoms with E-state index in [-0.39, 0.29) is 5.78 Å². The van der Waals surface area contributed by atoms with Crippen molar-refractivity contribution in [2.75, 3.05) is 6.61 Å². The van der Waals surface area contributed by atoms with Gasteiger partial charge in [-0.2, -0.15) is 0 Å². The number of benzene rings is 1. The van der Waals surface area contributed by atoms with Crippen LogP contribution >= 0.6 is 0 Å². The Morgan fingerprint density at radius 1 is 1.24 bits per heavy atom. The molecular weight excluding hydrogens is 216 g/mol. The zero-order chi connectivity index (χ0) is 13.0. The molecule has 0 aliphatic rings. The molecule has 0 bridgehead atoms. The van der Waals surface area contributed by atoms with E-state index in [2.05, 4.69) is 0 Å². The molecule has 0 aliphatic carbocycles. The van der Waals surface area contributed by atoms with Gasteiger partial charge in [-0.15, -0.1) is 0 Å². The van der Waals surface area contributed by atoms with Crippen LogP contribution in [0.15, 0.2) is 18.2 Å². The van der Waals surface area contributed by atoms with Gasteiger partial charge in [0.1, 0.15) is 5.92 Å². The summed E-state index contributed by atoms with van der Waals surface area (Å²) in [6.07, 6.45) is 0. The maximum atomic E-state index is 12.0. The normalized spacial score (nSPS) is 12.0. The number of Topliss-reactive ketones (excluding diaryl/α,β-unsaturated/α-hetero) is 1. The summed E-state index contributed by atoms with van der Waals surface area (Å²) < 4.78 is 4.84. The van der Waals surface area contributed by atoms with Crippen LogP contribution in [0.25, 0.3) is 0 Å². The Morgan fingerprint density at radius 3 is 2.41 bits per heavy atom. The molecule has 0 saturated carbocycles. The molecule has 1 aromatic rings. The number of rotatable bonds is 4. The van der Waals surface area contributed by atoms with E-state index in [1.165, 1.54) is 0 Å². The van der Waals surface area contributed by atoms with Crippen molar-refractivity contribution in [1.82, 2.24) is 0 Å². The molecule has 17 heavy (non-hydrogen) atoms. The molecule has 1 rings (SSSR count). The van der Waals surface area contributed by atoms with Crippen LogP contribution in [0, 0.1) is 19.8 Å². The smallest absolute Gasteiger partial charge is 0.316 e. The van der Waals surface area contributed by atoms with Crippen LogP contribution in [0.3, 0.4) is 0 Å². The van der Waals surface area contributed by atoms with Crippen LogP contribution in [-0.4, -0.2) is 18.4 Å². The highest BCUT2D eigenvalue weighted by Gasteiger charge is 2.23. The van der Waals surface area contributed by atoms with Crippen LogP contribution in [0.1, 0.15) is 35.3 Å². The van der Waals surface area contributed by atoms with Crippen molar-refractivity contribution < 1.29 is 14.3 Å². The van der Waals surface area contributed by atoms with Crippen molar-refractivity contribution in [2.24, 2.45) is 5.92 Å². The predicted molar refractivity (Wildman–Crippen MR) is 66.0 cm³/mol. The fourth-order valence-electron chi connectivity index (χ4n) is 1.52. The van der Waals surface area contributed by atoms with Crippen molar-refractivity contribution in [3.63, 3.8) is 0 Å². The molecule has 0 amide bonds. The van der Waals surface area contributed by atoms with E-state index in [1.807, 2.05) is 26.0 Å². The second kappa shape index (κ2) is 5.62. The molecule has 0 saturated heterocycles. The van der Waals surface area contributed by atoms with E-state index in [1.54, 1.807) is 19.9 Å². The second-order valence-electron chi connectivity index (χ2n) is 4.14. The van der Waals surface area contributed by atoms with Crippen LogP contribution in [0.4, 0.5) is 0 Å². The molecule has 0 N–H and O–H groups in total. The Bertz CT molecular complexity index is 435. The van der Waals surface area contributed by atoms with Crippen LogP contribution in [0.5, 0.6) is 0 Å². The monoisotopic (exact) mass is 234 g/mol. The molecule has 0 radical (unpaired) electrons. The van der Waals surface area contributed by atoms with Gasteiger partial charge in [0.15, 0.2) is 5.78 Å². The van der Waals surface area contributed by atoms with E-state index in [4.69, 9.17) is 4.74 Å². The summed E-state index contributed by atoms with van der Waals surface area (Å²) in [4.78, 5) is 23.5. The summed E-state index contributed by atoms with van der Waals surface area (Å²) in [5, 5.41) is 0. The molecule has 0 heterocycles. The summed E-state index contributed by atoms with van der Waals surface area (Å²) in [5.74, 6) is -1.39. The molecule has 0 unspecified atom stereocenters. The molecular formula is C14H18O3. The molecule has 92 valence electrons. The summed E-state index contributed by atoms with van der Waals surface area (Å²) in [6, 6.07) is 5.45. The minimum Gasteiger partial charge on any atom is -0.465 e. The topological polar surface area (TPSA) is 43.4 Å². The second-order valence-corrected chi connectivity index (χ2v) is 4.14. The summed E-state index contributed by atoms with van der Waals surface area (Å²) in [5.41, 5.74) is 2.74. The van der Waals surface area contributed by atoms with Gasteiger partial charge < -0.3 is 4.74 Å². The van der Waals surface area contributed by atoms with Gasteiger partial charge in [0.2, 0.25) is 0 Å². The molecule has 1 aromatic carbocycles. The highest BCUT2D eigenvalue weighted by molar-refractivity contribution is 6.08. The van der Waals surface area contributed by atoms with Gasteiger partial charge >= 0.3 is 5.97 Å². The maximum absolute atomic E-state index is 12.0. The Kier molecular flexibility index (Phi) is 4.44. The molecule has 0 fully saturated rings. The van der Waals surface area contributed by atoms with Crippen molar-refractivity contribution in [3.8, 4) is 0 Å². The number of ether oxygens (including phenoxy) is 1. The first-order valence-electron chi connectivity index (χ1n) is 5.75. The minimum absolute atomic E-state index is 0.188. The Morgan fingerprint density at radius 2 is 1.88 bits per heavy atom. The first-order valence-corrected chi connectivity index (χ1v) is 5.75. The van der Waals surface area contributed by atoms with E-state index < -0.39 is 11.9 Å². The fraction of sp³-hybridized carbons (Fsp3) is 0.429. The lowest BCUT2D eigenvalue weighted by molar-refractivity contribution is -0.145. The fourth-order valence-corrected chi connectivity index (χ4v) is 1.52. The van der Waals surface area contributed by atoms with Crippen LogP contribution in [-0.2, 0) is 9.53 Å². The minimum atomic E-state index is -0.739. The highest BCUT2D eigenvalue weighted by atomic mass is 16.5. The van der Waals surface area contributed by atoms with Crippen LogP contribution < -0.4 is 0 Å². The predicted octanol–water partition coefficient (Wildman–Crippen LogP) is 2.69. The third kappa shape index (κ3) is 3.16. The number of aryl methyl sites for hydroxylation is 2. The first kappa shape index (κ1) is 13.4. The number of ketones is 1. The van der Waals surface area contributed by atoms with Gasteiger partial charge in [-0.05, 0) is 44.9 Å². The van der Waals surface area contributed by atoms with Crippen molar-refractivity contribution >= 4 is 11.8 Å². The van der Waals surface area contributed by atoms with Gasteiger partial charge in [-0.1, -0.05) is 12.1 Å². The number of esters is 1. The zero-order valence-corrected chi connectivity index (χ0v) is 10.7. The van der Waals surface area contributed by atoms with Gasteiger partial charge in [0.05, 0.1) is 6.61 Å². The third-order valence-corrected chi connectivity index (χ3v) is 2.82. The zero-order valence-electron chi connectivity index (χ0n) is 10.7. The molecule has 1 atom stereocenters. The SMILES string of the molecule is CCOC(=O)[C@H](C)C(=O)c1ccc(C)c(C)c1. The first-order chi connectivity index (χ1) is 7.97. The lowest BCUT2D eigenvalue weighted by Gasteiger charge is -2.10. The number of carbonyl (C=O) groups is 2. The van der Waals surface area contributed by atoms with E-state index in [0.29, 0.717) is 12.2 Å². The van der Waals surface area contributed by atoms with Crippen LogP contribution in [0.2, 0.25) is 0 Å². The van der Waals surface area contributed by atoms with Gasteiger partial charge in [-0.25, -0.2) is 0 Å². The standard InChI is InChI=1S/C14H18O3/c1-5-17-14(16)11(4)13(15)12-7-6-9(2)10(3)8-12/h6-8,11H,5H2,1-4H3/t11-/m1/s1. The molecule has 0 spiro atoms. The third-order valence-electron chi connectivity index (χ3n) is 2.82. The summed E-state index contributed by atoms with van der Waals surface area (Å²) in [6.45, 7) is 7.53. The van der Waals surface area contributed by atoms with Gasteiger partial charge in [0, 0.05) is 5.56 Å². The average molecular weight is 234 g/mol. The van der Waals surface area contributed by atoms with Crippen molar-refractivity contribution in [3.05, 3.63) is 34.9 Å². The quantitative estimate of drug-likeness (QED) is 0.457. The van der Waals surface area contributed by atoms with Crippen molar-refractivity contribution in [2.45, 2.75) is 27.7 Å². The Hall–Kier alpha value is -1.64. The summed E-state index contributed by atoms with van der Waals surface area (Å²) >= 11 is 0. The highest BCUT2D eigenvalue weighted by Crippen LogP contribution is 2.14. The maximum Gasteiger partial charge on any atom is 0.316 e. The van der Waals surface area contributed by atoms with Gasteiger partial charge in [0.25, 0.3) is 0 Å². The van der Waals surface area contributed by atoms with Crippen molar-refractivity contribution in [1.29, 1.82) is 0 Å². The number of carbonyl (C=O) groups excluding carboxylic acids is 2. The van der Waals surface area contributed by atoms with E-state index >= 15 is 0 Å². The summed E-state index contributed by atoms with van der Waals surface area (Å²) in [7, 11) is 0. The lowest BCUT2D eigenvalue weighted by atomic mass is 9.96. The van der Waals surface area contributed by atoms with E-state index in [9.17, 15) is 9.59 Å². The molecule has 3 heteroatoms. The largest absolute Gasteiger partial charge is 0.465 e. The average Bonchev–Trinajstić information content (AvgIpc) is 2.31. The molecule has 3 nitrogen and oxygen atoms in total. The molecule has 0 aromatic heterocycles. The Labute approximate surface area is 102 Å². The molecule has 0 aliphatic heterocycles. The Balaban J connectivity index is 2.89. The van der Waals surface area contributed by atoms with E-state index in [0.717, 1.165) is 11.1 Å². The lowest BCUT2D eigenvalue weighted by Crippen LogP contribution is -2.23. The number of hydrogen-bond donors (Lipinski definition) is 0.